The van der Waals surface area contributed by atoms with Gasteiger partial charge in [0.2, 0.25) is 0 Å². The van der Waals surface area contributed by atoms with Crippen LogP contribution in [0, 0.1) is 0 Å². The minimum absolute atomic E-state index is 0.827. The zero-order chi connectivity index (χ0) is 39.5. The minimum atomic E-state index is -3.38. The maximum Gasteiger partial charge on any atom is 0.171 e. The fourth-order valence-electron chi connectivity index (χ4n) is 9.92. The number of benzene rings is 8. The summed E-state index contributed by atoms with van der Waals surface area (Å²) in [4.78, 5) is 0. The van der Waals surface area contributed by atoms with Crippen molar-refractivity contribution >= 4 is 115 Å². The van der Waals surface area contributed by atoms with Crippen LogP contribution in [-0.4, -0.2) is 9.13 Å². The molecule has 0 saturated heterocycles. The van der Waals surface area contributed by atoms with E-state index in [-0.39, 0.29) is 0 Å². The number of rotatable bonds is 5. The molecule has 4 heterocycles. The van der Waals surface area contributed by atoms with Crippen molar-refractivity contribution in [1.29, 1.82) is 0 Å². The van der Waals surface area contributed by atoms with Crippen molar-refractivity contribution in [2.45, 2.75) is 12.8 Å². The zero-order valence-electron chi connectivity index (χ0n) is 32.4. The van der Waals surface area contributed by atoms with Gasteiger partial charge in [-0.15, -0.1) is 11.3 Å². The van der Waals surface area contributed by atoms with E-state index in [1.165, 1.54) is 31.4 Å². The molecule has 60 heavy (non-hydrogen) atoms. The molecule has 0 amide bonds. The quantitative estimate of drug-likeness (QED) is 0.163. The topological polar surface area (TPSA) is 40.1 Å². The summed E-state index contributed by atoms with van der Waals surface area (Å²) in [5.74, 6) is 0. The summed E-state index contributed by atoms with van der Waals surface area (Å²) in [5, 5.41) is 10.6. The van der Waals surface area contributed by atoms with Crippen LogP contribution in [-0.2, 0) is 11.0 Å². The van der Waals surface area contributed by atoms with Gasteiger partial charge < -0.3 is 18.1 Å². The van der Waals surface area contributed by atoms with Gasteiger partial charge in [0.1, 0.15) is 11.2 Å². The van der Waals surface area contributed by atoms with E-state index in [2.05, 4.69) is 155 Å². The predicted molar refractivity (Wildman–Crippen MR) is 255 cm³/mol. The van der Waals surface area contributed by atoms with Crippen molar-refractivity contribution in [1.82, 2.24) is 9.13 Å². The van der Waals surface area contributed by atoms with Crippen LogP contribution >= 0.6 is 18.5 Å². The van der Waals surface area contributed by atoms with Gasteiger partial charge in [0.15, 0.2) is 7.14 Å². The molecule has 4 aromatic heterocycles. The van der Waals surface area contributed by atoms with Gasteiger partial charge in [-0.3, -0.25) is 0 Å². The Bertz CT molecular complexity index is 3820. The Morgan fingerprint density at radius 3 is 1.97 bits per heavy atom. The molecule has 0 bridgehead atoms. The number of hydrogen-bond donors (Lipinski definition) is 0. The van der Waals surface area contributed by atoms with Crippen molar-refractivity contribution in [2.75, 3.05) is 0 Å². The van der Waals surface area contributed by atoms with Gasteiger partial charge in [0.05, 0.1) is 16.6 Å². The molecule has 12 aromatic rings. The van der Waals surface area contributed by atoms with E-state index in [4.69, 9.17) is 4.42 Å². The lowest BCUT2D eigenvalue weighted by Crippen LogP contribution is -2.25. The Morgan fingerprint density at radius 1 is 0.467 bits per heavy atom. The summed E-state index contributed by atoms with van der Waals surface area (Å²) < 4.78 is 29.9. The highest BCUT2D eigenvalue weighted by Gasteiger charge is 2.32. The molecule has 0 aliphatic heterocycles. The van der Waals surface area contributed by atoms with Crippen LogP contribution in [0.5, 0.6) is 0 Å². The highest BCUT2D eigenvalue weighted by molar-refractivity contribution is 7.85. The Balaban J connectivity index is 1.01. The lowest BCUT2D eigenvalue weighted by atomic mass is 10.0. The fourth-order valence-corrected chi connectivity index (χ4v) is 13.7. The molecule has 0 N–H and O–H groups in total. The van der Waals surface area contributed by atoms with Gasteiger partial charge in [-0.25, -0.2) is 0 Å². The second kappa shape index (κ2) is 12.8. The summed E-state index contributed by atoms with van der Waals surface area (Å²) in [6, 6.07) is 61.9. The number of nitrogens with zero attached hydrogens (tertiary/aromatic N) is 2. The molecule has 4 nitrogen and oxygen atoms in total. The maximum atomic E-state index is 16.4. The highest BCUT2D eigenvalue weighted by Crippen LogP contribution is 2.46. The average molecular weight is 807 g/mol. The number of allylic oxidation sites excluding steroid dienone is 1. The van der Waals surface area contributed by atoms with Gasteiger partial charge in [-0.2, -0.15) is 0 Å². The number of thiophene rings is 1. The normalized spacial score (nSPS) is 14.0. The van der Waals surface area contributed by atoms with E-state index in [0.29, 0.717) is 0 Å². The number of fused-ring (bicyclic) bond motifs is 12. The molecular formula is C54H35N2O2PS. The van der Waals surface area contributed by atoms with Crippen LogP contribution in [0.4, 0.5) is 0 Å². The SMILES string of the molecule is O=P(c1ccccc1)(c1ccc2c(c1)c1c(n2-c2ccc3oc4ccccc4c3c2)C=CCC1)c1ccc2c(c1)c1ccccc1n2-c1ccc2sc3ccccc3c2c1. The van der Waals surface area contributed by atoms with Crippen molar-refractivity contribution in [3.8, 4) is 11.4 Å². The lowest BCUT2D eigenvalue weighted by Gasteiger charge is -2.21. The zero-order valence-corrected chi connectivity index (χ0v) is 34.1. The molecule has 1 aliphatic carbocycles. The van der Waals surface area contributed by atoms with Crippen LogP contribution in [0.2, 0.25) is 0 Å². The number of furan rings is 1. The van der Waals surface area contributed by atoms with Gasteiger partial charge in [-0.1, -0.05) is 91.0 Å². The molecule has 0 fully saturated rings. The Kier molecular flexibility index (Phi) is 7.25. The van der Waals surface area contributed by atoms with E-state index in [0.717, 1.165) is 94.8 Å². The number of para-hydroxylation sites is 2. The molecular weight excluding hydrogens is 772 g/mol. The van der Waals surface area contributed by atoms with Crippen LogP contribution in [0.25, 0.3) is 92.3 Å². The van der Waals surface area contributed by atoms with Crippen LogP contribution in [0.3, 0.4) is 0 Å². The summed E-state index contributed by atoms with van der Waals surface area (Å²) in [7, 11) is -3.38. The van der Waals surface area contributed by atoms with Crippen LogP contribution in [0.15, 0.2) is 186 Å². The third-order valence-corrected chi connectivity index (χ3v) is 16.9. The Labute approximate surface area is 349 Å². The van der Waals surface area contributed by atoms with Gasteiger partial charge in [-0.05, 0) is 115 Å². The summed E-state index contributed by atoms with van der Waals surface area (Å²) >= 11 is 1.84. The van der Waals surface area contributed by atoms with Gasteiger partial charge in [0.25, 0.3) is 0 Å². The van der Waals surface area contributed by atoms with Crippen molar-refractivity contribution in [3.63, 3.8) is 0 Å². The van der Waals surface area contributed by atoms with E-state index >= 15 is 4.57 Å². The Hall–Kier alpha value is -6.91. The van der Waals surface area contributed by atoms with E-state index in [1.54, 1.807) is 0 Å². The third-order valence-electron chi connectivity index (χ3n) is 12.7. The molecule has 13 rings (SSSR count). The predicted octanol–water partition coefficient (Wildman–Crippen LogP) is 13.6. The molecule has 8 aromatic carbocycles. The first-order valence-electron chi connectivity index (χ1n) is 20.5. The third kappa shape index (κ3) is 4.82. The first-order valence-corrected chi connectivity index (χ1v) is 23.0. The Morgan fingerprint density at radius 2 is 1.10 bits per heavy atom. The minimum Gasteiger partial charge on any atom is -0.456 e. The van der Waals surface area contributed by atoms with Crippen molar-refractivity contribution in [3.05, 3.63) is 193 Å². The van der Waals surface area contributed by atoms with Crippen LogP contribution < -0.4 is 15.9 Å². The summed E-state index contributed by atoms with van der Waals surface area (Å²) in [6.45, 7) is 0. The molecule has 0 radical (unpaired) electrons. The number of hydrogen-bond acceptors (Lipinski definition) is 3. The fraction of sp³-hybridized carbons (Fsp3) is 0.0370. The molecule has 1 atom stereocenters. The molecule has 284 valence electrons. The monoisotopic (exact) mass is 806 g/mol. The molecule has 0 spiro atoms. The molecule has 1 unspecified atom stereocenters. The maximum absolute atomic E-state index is 16.4. The first kappa shape index (κ1) is 34.0. The number of aromatic nitrogens is 2. The molecule has 0 saturated carbocycles. The van der Waals surface area contributed by atoms with E-state index in [9.17, 15) is 0 Å². The first-order chi connectivity index (χ1) is 29.6. The highest BCUT2D eigenvalue weighted by atomic mass is 32.1. The molecule has 6 heteroatoms. The number of aryl methyl sites for hydroxylation is 1. The standard InChI is InChI=1S/C54H35N2O2PS/c57-59(36-12-2-1-3-13-36,37-24-26-49-43(32-37)39-14-4-8-18-47(39)55(49)34-22-28-52-45(30-34)41-16-6-10-20-51(41)58-52)38-25-27-50-44(33-38)40-15-5-9-19-48(40)56(50)35-23-29-54-46(31-35)42-17-7-11-21-53(42)60-54/h1-3,5-13,15-33H,4,14H2. The van der Waals surface area contributed by atoms with Crippen molar-refractivity contribution < 1.29 is 8.98 Å². The summed E-state index contributed by atoms with van der Waals surface area (Å²) in [6.07, 6.45) is 6.42. The average Bonchev–Trinajstić information content (AvgIpc) is 4.06. The van der Waals surface area contributed by atoms with Gasteiger partial charge in [0, 0.05) is 80.1 Å². The smallest absolute Gasteiger partial charge is 0.171 e. The molecule has 1 aliphatic rings. The largest absolute Gasteiger partial charge is 0.456 e. The van der Waals surface area contributed by atoms with Crippen molar-refractivity contribution in [2.24, 2.45) is 0 Å². The lowest BCUT2D eigenvalue weighted by molar-refractivity contribution is 0.592. The second-order valence-electron chi connectivity index (χ2n) is 15.9. The second-order valence-corrected chi connectivity index (χ2v) is 19.7. The van der Waals surface area contributed by atoms with Crippen LogP contribution in [0.1, 0.15) is 17.7 Å². The summed E-state index contributed by atoms with van der Waals surface area (Å²) in [5.41, 5.74) is 9.76. The van der Waals surface area contributed by atoms with E-state index < -0.39 is 7.14 Å². The van der Waals surface area contributed by atoms with E-state index in [1.807, 2.05) is 53.8 Å². The van der Waals surface area contributed by atoms with Gasteiger partial charge >= 0.3 is 0 Å².